The van der Waals surface area contributed by atoms with Crippen LogP contribution in [0.3, 0.4) is 0 Å². The van der Waals surface area contributed by atoms with Gasteiger partial charge in [-0.25, -0.2) is 4.79 Å². The quantitative estimate of drug-likeness (QED) is 0.871. The van der Waals surface area contributed by atoms with Gasteiger partial charge in [0.1, 0.15) is 6.61 Å². The number of ether oxygens (including phenoxy) is 1. The molecule has 0 atom stereocenters. The van der Waals surface area contributed by atoms with Gasteiger partial charge < -0.3 is 10.5 Å². The Labute approximate surface area is 118 Å². The van der Waals surface area contributed by atoms with Crippen molar-refractivity contribution in [3.63, 3.8) is 0 Å². The third-order valence-electron chi connectivity index (χ3n) is 3.27. The number of pyridine rings is 1. The van der Waals surface area contributed by atoms with Gasteiger partial charge in [0.25, 0.3) is 0 Å². The topological polar surface area (TPSA) is 65.2 Å². The molecule has 0 fully saturated rings. The van der Waals surface area contributed by atoms with Gasteiger partial charge in [0.05, 0.1) is 23.1 Å². The maximum absolute atomic E-state index is 12.0. The number of carbonyl (C=O) groups is 1. The standard InChI is InChI=1S/C16H18N2O2/c1-10-4-5-13(6-11(10)2)9-20-16(19)15-7-14(17)8-18-12(15)3/h4-8H,9,17H2,1-3H3. The maximum atomic E-state index is 12.0. The van der Waals surface area contributed by atoms with Crippen LogP contribution in [0, 0.1) is 20.8 Å². The summed E-state index contributed by atoms with van der Waals surface area (Å²) < 4.78 is 5.31. The predicted molar refractivity (Wildman–Crippen MR) is 78.4 cm³/mol. The Balaban J connectivity index is 2.08. The molecule has 0 amide bonds. The van der Waals surface area contributed by atoms with Crippen molar-refractivity contribution in [1.29, 1.82) is 0 Å². The third kappa shape index (κ3) is 3.15. The molecule has 4 heteroatoms. The highest BCUT2D eigenvalue weighted by atomic mass is 16.5. The van der Waals surface area contributed by atoms with Crippen LogP contribution >= 0.6 is 0 Å². The molecule has 0 aliphatic heterocycles. The molecule has 0 unspecified atom stereocenters. The minimum Gasteiger partial charge on any atom is -0.457 e. The number of rotatable bonds is 3. The van der Waals surface area contributed by atoms with Crippen LogP contribution in [0.1, 0.15) is 32.7 Å². The number of hydrogen-bond donors (Lipinski definition) is 1. The molecule has 104 valence electrons. The number of anilines is 1. The molecule has 0 bridgehead atoms. The van der Waals surface area contributed by atoms with E-state index in [1.165, 1.54) is 17.3 Å². The summed E-state index contributed by atoms with van der Waals surface area (Å²) in [6, 6.07) is 7.59. The molecule has 0 aliphatic rings. The molecule has 1 aromatic carbocycles. The van der Waals surface area contributed by atoms with Crippen molar-refractivity contribution in [2.24, 2.45) is 0 Å². The van der Waals surface area contributed by atoms with Crippen molar-refractivity contribution in [3.05, 3.63) is 58.4 Å². The van der Waals surface area contributed by atoms with Crippen molar-refractivity contribution in [2.45, 2.75) is 27.4 Å². The van der Waals surface area contributed by atoms with E-state index in [1.807, 2.05) is 32.0 Å². The normalized spacial score (nSPS) is 10.3. The summed E-state index contributed by atoms with van der Waals surface area (Å²) in [5.41, 5.74) is 10.5. The summed E-state index contributed by atoms with van der Waals surface area (Å²) in [6.07, 6.45) is 1.52. The van der Waals surface area contributed by atoms with E-state index in [0.717, 1.165) is 5.56 Å². The second-order valence-electron chi connectivity index (χ2n) is 4.90. The van der Waals surface area contributed by atoms with E-state index in [0.29, 0.717) is 16.9 Å². The van der Waals surface area contributed by atoms with Gasteiger partial charge in [-0.15, -0.1) is 0 Å². The van der Waals surface area contributed by atoms with Crippen LogP contribution in [-0.2, 0) is 11.3 Å². The summed E-state index contributed by atoms with van der Waals surface area (Å²) in [5, 5.41) is 0. The first kappa shape index (κ1) is 14.1. The highest BCUT2D eigenvalue weighted by Crippen LogP contribution is 2.14. The molecule has 2 rings (SSSR count). The Kier molecular flexibility index (Phi) is 4.03. The largest absolute Gasteiger partial charge is 0.457 e. The van der Waals surface area contributed by atoms with Gasteiger partial charge in [0, 0.05) is 0 Å². The first-order valence-corrected chi connectivity index (χ1v) is 6.43. The van der Waals surface area contributed by atoms with E-state index >= 15 is 0 Å². The summed E-state index contributed by atoms with van der Waals surface area (Å²) in [7, 11) is 0. The number of esters is 1. The molecule has 2 N–H and O–H groups in total. The molecular formula is C16H18N2O2. The van der Waals surface area contributed by atoms with E-state index < -0.39 is 5.97 Å². The number of aromatic nitrogens is 1. The number of benzene rings is 1. The maximum Gasteiger partial charge on any atom is 0.340 e. The smallest absolute Gasteiger partial charge is 0.340 e. The van der Waals surface area contributed by atoms with Crippen molar-refractivity contribution in [2.75, 3.05) is 5.73 Å². The molecule has 1 heterocycles. The fraction of sp³-hybridized carbons (Fsp3) is 0.250. The Bertz CT molecular complexity index is 651. The van der Waals surface area contributed by atoms with Crippen LogP contribution in [0.4, 0.5) is 5.69 Å². The molecule has 2 aromatic rings. The molecule has 0 spiro atoms. The van der Waals surface area contributed by atoms with Gasteiger partial charge in [0.2, 0.25) is 0 Å². The van der Waals surface area contributed by atoms with Gasteiger partial charge in [-0.3, -0.25) is 4.98 Å². The number of nitrogens with zero attached hydrogens (tertiary/aromatic N) is 1. The lowest BCUT2D eigenvalue weighted by atomic mass is 10.1. The monoisotopic (exact) mass is 270 g/mol. The van der Waals surface area contributed by atoms with Crippen molar-refractivity contribution in [1.82, 2.24) is 4.98 Å². The van der Waals surface area contributed by atoms with E-state index in [9.17, 15) is 4.79 Å². The number of aryl methyl sites for hydroxylation is 3. The second kappa shape index (κ2) is 5.74. The van der Waals surface area contributed by atoms with Gasteiger partial charge in [-0.1, -0.05) is 18.2 Å². The Morgan fingerprint density at radius 2 is 1.95 bits per heavy atom. The number of nitrogens with two attached hydrogens (primary N) is 1. The van der Waals surface area contributed by atoms with Crippen molar-refractivity contribution in [3.8, 4) is 0 Å². The molecule has 0 radical (unpaired) electrons. The lowest BCUT2D eigenvalue weighted by Crippen LogP contribution is -2.09. The van der Waals surface area contributed by atoms with Crippen molar-refractivity contribution < 1.29 is 9.53 Å². The summed E-state index contributed by atoms with van der Waals surface area (Å²) in [4.78, 5) is 16.1. The van der Waals surface area contributed by atoms with E-state index in [4.69, 9.17) is 10.5 Å². The average Bonchev–Trinajstić information content (AvgIpc) is 2.42. The number of carbonyl (C=O) groups excluding carboxylic acids is 1. The fourth-order valence-corrected chi connectivity index (χ4v) is 1.88. The second-order valence-corrected chi connectivity index (χ2v) is 4.90. The van der Waals surface area contributed by atoms with Crippen LogP contribution in [0.15, 0.2) is 30.5 Å². The minimum absolute atomic E-state index is 0.244. The first-order valence-electron chi connectivity index (χ1n) is 6.43. The molecule has 0 saturated carbocycles. The van der Waals surface area contributed by atoms with E-state index in [2.05, 4.69) is 4.98 Å². The van der Waals surface area contributed by atoms with Crippen LogP contribution in [-0.4, -0.2) is 11.0 Å². The molecule has 0 aliphatic carbocycles. The zero-order chi connectivity index (χ0) is 14.7. The van der Waals surface area contributed by atoms with Gasteiger partial charge in [-0.05, 0) is 43.5 Å². The SMILES string of the molecule is Cc1ccc(COC(=O)c2cc(N)cnc2C)cc1C. The first-order chi connectivity index (χ1) is 9.47. The average molecular weight is 270 g/mol. The molecule has 1 aromatic heterocycles. The zero-order valence-electron chi connectivity index (χ0n) is 11.9. The molecule has 4 nitrogen and oxygen atoms in total. The Hall–Kier alpha value is -2.36. The zero-order valence-corrected chi connectivity index (χ0v) is 11.9. The van der Waals surface area contributed by atoms with E-state index in [-0.39, 0.29) is 6.61 Å². The van der Waals surface area contributed by atoms with Crippen LogP contribution in [0.2, 0.25) is 0 Å². The van der Waals surface area contributed by atoms with Crippen LogP contribution in [0.5, 0.6) is 0 Å². The van der Waals surface area contributed by atoms with Gasteiger partial charge >= 0.3 is 5.97 Å². The molecule has 0 saturated heterocycles. The lowest BCUT2D eigenvalue weighted by Gasteiger charge is -2.09. The summed E-state index contributed by atoms with van der Waals surface area (Å²) >= 11 is 0. The lowest BCUT2D eigenvalue weighted by molar-refractivity contribution is 0.0471. The fourth-order valence-electron chi connectivity index (χ4n) is 1.88. The summed E-state index contributed by atoms with van der Waals surface area (Å²) in [5.74, 6) is -0.402. The predicted octanol–water partition coefficient (Wildman–Crippen LogP) is 2.95. The van der Waals surface area contributed by atoms with Gasteiger partial charge in [0.15, 0.2) is 0 Å². The molecular weight excluding hydrogens is 252 g/mol. The summed E-state index contributed by atoms with van der Waals surface area (Å²) in [6.45, 7) is 6.08. The van der Waals surface area contributed by atoms with Crippen LogP contribution in [0.25, 0.3) is 0 Å². The number of nitrogen functional groups attached to an aromatic ring is 1. The minimum atomic E-state index is -0.402. The highest BCUT2D eigenvalue weighted by Gasteiger charge is 2.12. The molecule has 20 heavy (non-hydrogen) atoms. The Morgan fingerprint density at radius 1 is 1.20 bits per heavy atom. The highest BCUT2D eigenvalue weighted by molar-refractivity contribution is 5.91. The van der Waals surface area contributed by atoms with Crippen LogP contribution < -0.4 is 5.73 Å². The number of hydrogen-bond acceptors (Lipinski definition) is 4. The van der Waals surface area contributed by atoms with E-state index in [1.54, 1.807) is 13.0 Å². The van der Waals surface area contributed by atoms with Crippen molar-refractivity contribution >= 4 is 11.7 Å². The third-order valence-corrected chi connectivity index (χ3v) is 3.27. The van der Waals surface area contributed by atoms with Gasteiger partial charge in [-0.2, -0.15) is 0 Å². The Morgan fingerprint density at radius 3 is 2.65 bits per heavy atom.